The van der Waals surface area contributed by atoms with Gasteiger partial charge in [0.25, 0.3) is 0 Å². The lowest BCUT2D eigenvalue weighted by molar-refractivity contribution is 0.220. The summed E-state index contributed by atoms with van der Waals surface area (Å²) in [6, 6.07) is 9.33. The van der Waals surface area contributed by atoms with Crippen molar-refractivity contribution in [1.29, 1.82) is 0 Å². The molecule has 0 spiro atoms. The molecule has 1 unspecified atom stereocenters. The number of halogens is 2. The largest absolute Gasteiger partial charge is 0.384 e. The first-order chi connectivity index (χ1) is 8.90. The summed E-state index contributed by atoms with van der Waals surface area (Å²) in [5.41, 5.74) is 4.70. The molecule has 1 atom stereocenters. The lowest BCUT2D eigenvalue weighted by atomic mass is 9.97. The van der Waals surface area contributed by atoms with Crippen LogP contribution in [-0.4, -0.2) is 5.11 Å². The predicted octanol–water partition coefficient (Wildman–Crippen LogP) is 5.00. The molecular formula is C16H16Cl2O. The maximum absolute atomic E-state index is 10.5. The van der Waals surface area contributed by atoms with E-state index in [2.05, 4.69) is 0 Å². The molecule has 0 aromatic heterocycles. The SMILES string of the molecule is Cc1cc(Cl)c(C(O)c2ccc(Cl)c(C)c2)cc1C. The Kier molecular flexibility index (Phi) is 4.19. The second-order valence-corrected chi connectivity index (χ2v) is 5.68. The van der Waals surface area contributed by atoms with Crippen molar-refractivity contribution in [2.75, 3.05) is 0 Å². The van der Waals surface area contributed by atoms with Crippen molar-refractivity contribution in [2.24, 2.45) is 0 Å². The third-order valence-corrected chi connectivity index (χ3v) is 4.16. The maximum Gasteiger partial charge on any atom is 0.106 e. The minimum atomic E-state index is -0.734. The Morgan fingerprint density at radius 3 is 2.11 bits per heavy atom. The zero-order chi connectivity index (χ0) is 14.2. The highest BCUT2D eigenvalue weighted by atomic mass is 35.5. The van der Waals surface area contributed by atoms with Crippen LogP contribution in [0.25, 0.3) is 0 Å². The highest BCUT2D eigenvalue weighted by molar-refractivity contribution is 6.31. The molecule has 2 rings (SSSR count). The number of aryl methyl sites for hydroxylation is 3. The van der Waals surface area contributed by atoms with Gasteiger partial charge in [-0.15, -0.1) is 0 Å². The average molecular weight is 295 g/mol. The highest BCUT2D eigenvalue weighted by Crippen LogP contribution is 2.31. The van der Waals surface area contributed by atoms with E-state index in [1.807, 2.05) is 45.0 Å². The molecule has 0 heterocycles. The van der Waals surface area contributed by atoms with Crippen LogP contribution in [0.4, 0.5) is 0 Å². The van der Waals surface area contributed by atoms with E-state index in [1.54, 1.807) is 6.07 Å². The lowest BCUT2D eigenvalue weighted by Crippen LogP contribution is -2.02. The molecule has 19 heavy (non-hydrogen) atoms. The van der Waals surface area contributed by atoms with Crippen LogP contribution in [0.5, 0.6) is 0 Å². The van der Waals surface area contributed by atoms with Gasteiger partial charge in [0.1, 0.15) is 6.10 Å². The third-order valence-electron chi connectivity index (χ3n) is 3.41. The number of aliphatic hydroxyl groups is 1. The van der Waals surface area contributed by atoms with Crippen molar-refractivity contribution in [3.05, 3.63) is 68.2 Å². The molecule has 0 bridgehead atoms. The Morgan fingerprint density at radius 2 is 1.47 bits per heavy atom. The van der Waals surface area contributed by atoms with Gasteiger partial charge in [0.05, 0.1) is 0 Å². The summed E-state index contributed by atoms with van der Waals surface area (Å²) in [6.45, 7) is 5.93. The van der Waals surface area contributed by atoms with Gasteiger partial charge in [-0.2, -0.15) is 0 Å². The standard InChI is InChI=1S/C16H16Cl2O/c1-9-7-13(15(18)8-10(9)2)16(19)12-4-5-14(17)11(3)6-12/h4-8,16,19H,1-3H3. The van der Waals surface area contributed by atoms with E-state index in [1.165, 1.54) is 0 Å². The molecule has 0 amide bonds. The molecule has 1 nitrogen and oxygen atoms in total. The Bertz CT molecular complexity index is 620. The molecule has 0 aliphatic rings. The zero-order valence-corrected chi connectivity index (χ0v) is 12.7. The van der Waals surface area contributed by atoms with Crippen LogP contribution in [-0.2, 0) is 0 Å². The molecule has 0 saturated carbocycles. The number of rotatable bonds is 2. The number of hydrogen-bond acceptors (Lipinski definition) is 1. The number of benzene rings is 2. The first-order valence-electron chi connectivity index (χ1n) is 6.11. The summed E-state index contributed by atoms with van der Waals surface area (Å²) < 4.78 is 0. The molecule has 0 aliphatic heterocycles. The van der Waals surface area contributed by atoms with Gasteiger partial charge in [0, 0.05) is 15.6 Å². The molecule has 0 fully saturated rings. The summed E-state index contributed by atoms with van der Waals surface area (Å²) >= 11 is 12.2. The Hall–Kier alpha value is -1.02. The molecule has 100 valence electrons. The van der Waals surface area contributed by atoms with Crippen molar-refractivity contribution in [3.8, 4) is 0 Å². The van der Waals surface area contributed by atoms with Crippen LogP contribution in [0.3, 0.4) is 0 Å². The fraction of sp³-hybridized carbons (Fsp3) is 0.250. The first-order valence-corrected chi connectivity index (χ1v) is 6.86. The van der Waals surface area contributed by atoms with Gasteiger partial charge in [0.15, 0.2) is 0 Å². The zero-order valence-electron chi connectivity index (χ0n) is 11.2. The molecule has 2 aromatic carbocycles. The Labute approximate surface area is 123 Å². The van der Waals surface area contributed by atoms with Crippen LogP contribution < -0.4 is 0 Å². The van der Waals surface area contributed by atoms with Crippen LogP contribution in [0.2, 0.25) is 10.0 Å². The van der Waals surface area contributed by atoms with Crippen molar-refractivity contribution < 1.29 is 5.11 Å². The van der Waals surface area contributed by atoms with Gasteiger partial charge in [0.2, 0.25) is 0 Å². The van der Waals surface area contributed by atoms with Crippen molar-refractivity contribution >= 4 is 23.2 Å². The van der Waals surface area contributed by atoms with Gasteiger partial charge in [-0.25, -0.2) is 0 Å². The summed E-state index contributed by atoms with van der Waals surface area (Å²) in [4.78, 5) is 0. The van der Waals surface area contributed by atoms with Crippen molar-refractivity contribution in [3.63, 3.8) is 0 Å². The molecular weight excluding hydrogens is 279 g/mol. The van der Waals surface area contributed by atoms with Crippen LogP contribution in [0.1, 0.15) is 33.9 Å². The highest BCUT2D eigenvalue weighted by Gasteiger charge is 2.15. The summed E-state index contributed by atoms with van der Waals surface area (Å²) in [5.74, 6) is 0. The summed E-state index contributed by atoms with van der Waals surface area (Å²) in [6.07, 6.45) is -0.734. The quantitative estimate of drug-likeness (QED) is 0.826. The van der Waals surface area contributed by atoms with Crippen molar-refractivity contribution in [2.45, 2.75) is 26.9 Å². The van der Waals surface area contributed by atoms with E-state index < -0.39 is 6.10 Å². The fourth-order valence-corrected chi connectivity index (χ4v) is 2.47. The molecule has 0 saturated heterocycles. The maximum atomic E-state index is 10.5. The summed E-state index contributed by atoms with van der Waals surface area (Å²) in [7, 11) is 0. The van der Waals surface area contributed by atoms with Gasteiger partial charge in [-0.1, -0.05) is 41.4 Å². The average Bonchev–Trinajstić information content (AvgIpc) is 2.36. The predicted molar refractivity (Wildman–Crippen MR) is 81.2 cm³/mol. The van der Waals surface area contributed by atoms with Gasteiger partial charge >= 0.3 is 0 Å². The number of hydrogen-bond donors (Lipinski definition) is 1. The van der Waals surface area contributed by atoms with E-state index >= 15 is 0 Å². The normalized spacial score (nSPS) is 12.5. The van der Waals surface area contributed by atoms with Crippen LogP contribution in [0, 0.1) is 20.8 Å². The van der Waals surface area contributed by atoms with E-state index in [-0.39, 0.29) is 0 Å². The van der Waals surface area contributed by atoms with E-state index in [9.17, 15) is 5.11 Å². The monoisotopic (exact) mass is 294 g/mol. The van der Waals surface area contributed by atoms with Crippen LogP contribution >= 0.6 is 23.2 Å². The minimum absolute atomic E-state index is 0.586. The van der Waals surface area contributed by atoms with Crippen molar-refractivity contribution in [1.82, 2.24) is 0 Å². The van der Waals surface area contributed by atoms with E-state index in [4.69, 9.17) is 23.2 Å². The first kappa shape index (κ1) is 14.4. The van der Waals surface area contributed by atoms with Gasteiger partial charge < -0.3 is 5.11 Å². The molecule has 0 radical (unpaired) electrons. The molecule has 2 aromatic rings. The molecule has 0 aliphatic carbocycles. The van der Waals surface area contributed by atoms with E-state index in [0.29, 0.717) is 10.0 Å². The second-order valence-electron chi connectivity index (χ2n) is 4.87. The minimum Gasteiger partial charge on any atom is -0.384 e. The third kappa shape index (κ3) is 2.94. The Morgan fingerprint density at radius 1 is 0.842 bits per heavy atom. The van der Waals surface area contributed by atoms with Gasteiger partial charge in [-0.05, 0) is 55.2 Å². The summed E-state index contributed by atoms with van der Waals surface area (Å²) in [5, 5.41) is 11.8. The van der Waals surface area contributed by atoms with Gasteiger partial charge in [-0.3, -0.25) is 0 Å². The Balaban J connectivity index is 2.46. The lowest BCUT2D eigenvalue weighted by Gasteiger charge is -2.16. The second kappa shape index (κ2) is 5.54. The molecule has 1 N–H and O–H groups in total. The fourth-order valence-electron chi connectivity index (χ4n) is 2.03. The topological polar surface area (TPSA) is 20.2 Å². The van der Waals surface area contributed by atoms with Crippen LogP contribution in [0.15, 0.2) is 30.3 Å². The number of aliphatic hydroxyl groups excluding tert-OH is 1. The van der Waals surface area contributed by atoms with E-state index in [0.717, 1.165) is 27.8 Å². The molecule has 3 heteroatoms. The smallest absolute Gasteiger partial charge is 0.106 e.